The number of carboxylic acids is 1. The van der Waals surface area contributed by atoms with Crippen LogP contribution in [0, 0.1) is 0 Å². The molecule has 0 amide bonds. The topological polar surface area (TPSA) is 83.3 Å². The van der Waals surface area contributed by atoms with Gasteiger partial charge in [0.2, 0.25) is 0 Å². The van der Waals surface area contributed by atoms with E-state index in [1.165, 1.54) is 18.5 Å². The number of aromatic carboxylic acids is 1. The second kappa shape index (κ2) is 3.47. The van der Waals surface area contributed by atoms with Gasteiger partial charge >= 0.3 is 5.97 Å². The summed E-state index contributed by atoms with van der Waals surface area (Å²) < 4.78 is 0.285. The van der Waals surface area contributed by atoms with Crippen molar-refractivity contribution in [3.05, 3.63) is 28.5 Å². The summed E-state index contributed by atoms with van der Waals surface area (Å²) in [5, 5.41) is 18.5. The van der Waals surface area contributed by atoms with Crippen LogP contribution in [0.4, 0.5) is 0 Å². The maximum atomic E-state index is 10.9. The summed E-state index contributed by atoms with van der Waals surface area (Å²) in [6.45, 7) is 0. The molecule has 0 saturated carbocycles. The molecule has 0 saturated heterocycles. The minimum Gasteiger partial charge on any atom is -0.506 e. The summed E-state index contributed by atoms with van der Waals surface area (Å²) in [5.41, 5.74) is 0.345. The zero-order chi connectivity index (χ0) is 11.0. The predicted octanol–water partition coefficient (Wildman–Crippen LogP) is 1.80. The normalized spacial score (nSPS) is 10.5. The van der Waals surface area contributed by atoms with Crippen molar-refractivity contribution in [2.75, 3.05) is 0 Å². The molecule has 0 bridgehead atoms. The van der Waals surface area contributed by atoms with Crippen LogP contribution in [0.25, 0.3) is 11.0 Å². The van der Waals surface area contributed by atoms with Crippen molar-refractivity contribution in [3.8, 4) is 5.75 Å². The minimum absolute atomic E-state index is 0.172. The summed E-state index contributed by atoms with van der Waals surface area (Å²) in [7, 11) is 0. The van der Waals surface area contributed by atoms with E-state index in [1.807, 2.05) is 0 Å². The van der Waals surface area contributed by atoms with Crippen molar-refractivity contribution in [1.82, 2.24) is 9.97 Å². The van der Waals surface area contributed by atoms with Crippen LogP contribution in [0.3, 0.4) is 0 Å². The lowest BCUT2D eigenvalue weighted by Crippen LogP contribution is -2.00. The number of rotatable bonds is 1. The molecule has 0 fully saturated rings. The molecule has 0 spiro atoms. The van der Waals surface area contributed by atoms with Crippen LogP contribution < -0.4 is 0 Å². The van der Waals surface area contributed by atoms with Gasteiger partial charge in [0, 0.05) is 12.4 Å². The van der Waals surface area contributed by atoms with Gasteiger partial charge in [0.15, 0.2) is 0 Å². The second-order valence-corrected chi connectivity index (χ2v) is 3.67. The monoisotopic (exact) mass is 268 g/mol. The lowest BCUT2D eigenvalue weighted by atomic mass is 10.1. The highest BCUT2D eigenvalue weighted by atomic mass is 79.9. The number of carboxylic acid groups (broad SMARTS) is 1. The zero-order valence-electron chi connectivity index (χ0n) is 7.31. The molecule has 15 heavy (non-hydrogen) atoms. The van der Waals surface area contributed by atoms with E-state index in [2.05, 4.69) is 25.9 Å². The van der Waals surface area contributed by atoms with Gasteiger partial charge < -0.3 is 10.2 Å². The first kappa shape index (κ1) is 9.85. The van der Waals surface area contributed by atoms with Crippen LogP contribution in [-0.2, 0) is 0 Å². The first-order valence-electron chi connectivity index (χ1n) is 3.96. The number of hydrogen-bond acceptors (Lipinski definition) is 4. The SMILES string of the molecule is O=C(O)c1c(O)c(Br)cc2nccnc12. The van der Waals surface area contributed by atoms with E-state index < -0.39 is 5.97 Å². The minimum atomic E-state index is -1.24. The molecule has 0 unspecified atom stereocenters. The van der Waals surface area contributed by atoms with Crippen LogP contribution in [-0.4, -0.2) is 26.2 Å². The van der Waals surface area contributed by atoms with E-state index in [0.717, 1.165) is 0 Å². The summed E-state index contributed by atoms with van der Waals surface area (Å²) in [4.78, 5) is 18.8. The molecule has 0 aliphatic carbocycles. The van der Waals surface area contributed by atoms with Crippen LogP contribution in [0.5, 0.6) is 5.75 Å². The largest absolute Gasteiger partial charge is 0.506 e. The van der Waals surface area contributed by atoms with Crippen molar-refractivity contribution in [2.24, 2.45) is 0 Å². The Morgan fingerprint density at radius 3 is 2.67 bits per heavy atom. The number of aromatic nitrogens is 2. The van der Waals surface area contributed by atoms with Gasteiger partial charge in [0.1, 0.15) is 16.8 Å². The molecule has 1 heterocycles. The van der Waals surface area contributed by atoms with Crippen LogP contribution >= 0.6 is 15.9 Å². The van der Waals surface area contributed by atoms with E-state index in [9.17, 15) is 9.90 Å². The average Bonchev–Trinajstić information content (AvgIpc) is 2.19. The van der Waals surface area contributed by atoms with Crippen LogP contribution in [0.1, 0.15) is 10.4 Å². The number of hydrogen-bond donors (Lipinski definition) is 2. The molecule has 1 aromatic heterocycles. The number of halogens is 1. The van der Waals surface area contributed by atoms with Gasteiger partial charge in [0.05, 0.1) is 9.99 Å². The highest BCUT2D eigenvalue weighted by Crippen LogP contribution is 2.32. The summed E-state index contributed by atoms with van der Waals surface area (Å²) >= 11 is 3.05. The summed E-state index contributed by atoms with van der Waals surface area (Å²) in [6.07, 6.45) is 2.83. The fraction of sp³-hybridized carbons (Fsp3) is 0. The Labute approximate surface area is 92.5 Å². The number of fused-ring (bicyclic) bond motifs is 1. The lowest BCUT2D eigenvalue weighted by Gasteiger charge is -2.05. The third-order valence-corrected chi connectivity index (χ3v) is 2.51. The lowest BCUT2D eigenvalue weighted by molar-refractivity contribution is 0.0695. The molecule has 0 aliphatic heterocycles. The molecule has 6 heteroatoms. The second-order valence-electron chi connectivity index (χ2n) is 2.81. The molecule has 2 rings (SSSR count). The zero-order valence-corrected chi connectivity index (χ0v) is 8.89. The summed E-state index contributed by atoms with van der Waals surface area (Å²) in [5.74, 6) is -1.57. The summed E-state index contributed by atoms with van der Waals surface area (Å²) in [6, 6.07) is 1.52. The molecule has 0 aliphatic rings. The van der Waals surface area contributed by atoms with E-state index >= 15 is 0 Å². The molecule has 2 aromatic rings. The highest BCUT2D eigenvalue weighted by molar-refractivity contribution is 9.10. The number of aromatic hydroxyl groups is 1. The Balaban J connectivity index is 2.95. The molecule has 1 aromatic carbocycles. The fourth-order valence-corrected chi connectivity index (χ4v) is 1.68. The van der Waals surface area contributed by atoms with E-state index in [4.69, 9.17) is 5.11 Å². The van der Waals surface area contributed by atoms with Crippen molar-refractivity contribution < 1.29 is 15.0 Å². The molecule has 2 N–H and O–H groups in total. The smallest absolute Gasteiger partial charge is 0.341 e. The molecular weight excluding hydrogens is 264 g/mol. The molecule has 0 radical (unpaired) electrons. The van der Waals surface area contributed by atoms with Crippen molar-refractivity contribution >= 4 is 32.9 Å². The number of nitrogens with zero attached hydrogens (tertiary/aromatic N) is 2. The van der Waals surface area contributed by atoms with Crippen molar-refractivity contribution in [2.45, 2.75) is 0 Å². The Morgan fingerprint density at radius 1 is 1.33 bits per heavy atom. The van der Waals surface area contributed by atoms with Gasteiger partial charge in [-0.2, -0.15) is 0 Å². The van der Waals surface area contributed by atoms with Gasteiger partial charge in [0.25, 0.3) is 0 Å². The Kier molecular flexibility index (Phi) is 2.28. The highest BCUT2D eigenvalue weighted by Gasteiger charge is 2.18. The number of benzene rings is 1. The number of phenols is 1. The van der Waals surface area contributed by atoms with E-state index in [1.54, 1.807) is 0 Å². The predicted molar refractivity (Wildman–Crippen MR) is 55.9 cm³/mol. The molecule has 76 valence electrons. The maximum Gasteiger partial charge on any atom is 0.341 e. The van der Waals surface area contributed by atoms with E-state index in [0.29, 0.717) is 5.52 Å². The van der Waals surface area contributed by atoms with Gasteiger partial charge in [-0.15, -0.1) is 0 Å². The maximum absolute atomic E-state index is 10.9. The first-order valence-corrected chi connectivity index (χ1v) is 4.76. The van der Waals surface area contributed by atoms with Gasteiger partial charge in [-0.25, -0.2) is 4.79 Å². The van der Waals surface area contributed by atoms with E-state index in [-0.39, 0.29) is 21.3 Å². The first-order chi connectivity index (χ1) is 7.11. The van der Waals surface area contributed by atoms with Crippen molar-refractivity contribution in [3.63, 3.8) is 0 Å². The Morgan fingerprint density at radius 2 is 2.00 bits per heavy atom. The Hall–Kier alpha value is -1.69. The molecule has 5 nitrogen and oxygen atoms in total. The third-order valence-electron chi connectivity index (χ3n) is 1.90. The Bertz CT molecular complexity index is 556. The standard InChI is InChI=1S/C9H5BrN2O3/c10-4-3-5-7(12-2-1-11-5)6(8(4)13)9(14)15/h1-3,13H,(H,14,15). The van der Waals surface area contributed by atoms with Gasteiger partial charge in [-0.3, -0.25) is 9.97 Å². The van der Waals surface area contributed by atoms with Crippen molar-refractivity contribution in [1.29, 1.82) is 0 Å². The van der Waals surface area contributed by atoms with Crippen LogP contribution in [0.2, 0.25) is 0 Å². The molecule has 0 atom stereocenters. The third kappa shape index (κ3) is 1.52. The van der Waals surface area contributed by atoms with Crippen LogP contribution in [0.15, 0.2) is 22.9 Å². The number of carbonyl (C=O) groups is 1. The average molecular weight is 269 g/mol. The van der Waals surface area contributed by atoms with Gasteiger partial charge in [-0.1, -0.05) is 0 Å². The molecular formula is C9H5BrN2O3. The van der Waals surface area contributed by atoms with Gasteiger partial charge in [-0.05, 0) is 22.0 Å². The fourth-order valence-electron chi connectivity index (χ4n) is 1.27. The quantitative estimate of drug-likeness (QED) is 0.824.